The molecule has 12 heavy (non-hydrogen) atoms. The highest BCUT2D eigenvalue weighted by Crippen LogP contribution is 2.02. The first kappa shape index (κ1) is 11.3. The second-order valence-electron chi connectivity index (χ2n) is 2.96. The number of hydrogen-bond acceptors (Lipinski definition) is 2. The summed E-state index contributed by atoms with van der Waals surface area (Å²) < 4.78 is 5.47. The van der Waals surface area contributed by atoms with Crippen LogP contribution in [0.15, 0.2) is 11.5 Å². The van der Waals surface area contributed by atoms with E-state index in [1.807, 2.05) is 6.92 Å². The van der Waals surface area contributed by atoms with E-state index in [4.69, 9.17) is 4.74 Å². The quantitative estimate of drug-likeness (QED) is 0.620. The van der Waals surface area contributed by atoms with Crippen molar-refractivity contribution in [3.63, 3.8) is 0 Å². The van der Waals surface area contributed by atoms with Gasteiger partial charge in [0.15, 0.2) is 0 Å². The van der Waals surface area contributed by atoms with Crippen LogP contribution in [0.2, 0.25) is 0 Å². The summed E-state index contributed by atoms with van der Waals surface area (Å²) in [6, 6.07) is 0. The Morgan fingerprint density at radius 1 is 1.17 bits per heavy atom. The molecule has 0 unspecified atom stereocenters. The van der Waals surface area contributed by atoms with Gasteiger partial charge in [0.1, 0.15) is 5.76 Å². The fourth-order valence-corrected chi connectivity index (χ4v) is 0.800. The van der Waals surface area contributed by atoms with Crippen LogP contribution < -0.4 is 5.32 Å². The average molecular weight is 171 g/mol. The number of rotatable bonds is 6. The maximum absolute atomic E-state index is 5.47. The van der Waals surface area contributed by atoms with Crippen molar-refractivity contribution >= 4 is 0 Å². The predicted octanol–water partition coefficient (Wildman–Crippen LogP) is 2.66. The van der Waals surface area contributed by atoms with E-state index in [2.05, 4.69) is 26.1 Å². The van der Waals surface area contributed by atoms with E-state index in [9.17, 15) is 0 Å². The zero-order valence-corrected chi connectivity index (χ0v) is 8.74. The third-order valence-corrected chi connectivity index (χ3v) is 1.69. The monoisotopic (exact) mass is 171 g/mol. The molecule has 0 amide bonds. The van der Waals surface area contributed by atoms with Crippen LogP contribution in [0, 0.1) is 0 Å². The van der Waals surface area contributed by atoms with E-state index in [1.54, 1.807) is 0 Å². The molecule has 72 valence electrons. The molecule has 1 N–H and O–H groups in total. The lowest BCUT2D eigenvalue weighted by Gasteiger charge is -2.10. The number of allylic oxidation sites excluding steroid dienone is 2. The van der Waals surface area contributed by atoms with E-state index in [0.717, 1.165) is 37.4 Å². The fraction of sp³-hybridized carbons (Fsp3) is 0.800. The van der Waals surface area contributed by atoms with Gasteiger partial charge in [-0.2, -0.15) is 0 Å². The number of nitrogens with one attached hydrogen (secondary N) is 1. The molecule has 0 fully saturated rings. The molecule has 0 radical (unpaired) electrons. The second-order valence-corrected chi connectivity index (χ2v) is 2.96. The summed E-state index contributed by atoms with van der Waals surface area (Å²) in [4.78, 5) is 0. The summed E-state index contributed by atoms with van der Waals surface area (Å²) >= 11 is 0. The third kappa shape index (κ3) is 5.05. The van der Waals surface area contributed by atoms with Crippen LogP contribution >= 0.6 is 0 Å². The molecule has 0 rings (SSSR count). The van der Waals surface area contributed by atoms with E-state index in [-0.39, 0.29) is 0 Å². The molecule has 0 bridgehead atoms. The van der Waals surface area contributed by atoms with Gasteiger partial charge in [0, 0.05) is 12.2 Å². The molecule has 0 aromatic rings. The average Bonchev–Trinajstić information content (AvgIpc) is 2.10. The fourth-order valence-electron chi connectivity index (χ4n) is 0.800. The normalized spacial score (nSPS) is 12.3. The molecule has 0 aliphatic heterocycles. The molecule has 2 nitrogen and oxygen atoms in total. The van der Waals surface area contributed by atoms with Gasteiger partial charge in [0.05, 0.1) is 6.61 Å². The topological polar surface area (TPSA) is 21.3 Å². The van der Waals surface area contributed by atoms with Crippen LogP contribution in [0.4, 0.5) is 0 Å². The first-order valence-electron chi connectivity index (χ1n) is 4.76. The number of hydrogen-bond donors (Lipinski definition) is 1. The summed E-state index contributed by atoms with van der Waals surface area (Å²) in [6.07, 6.45) is 2.22. The van der Waals surface area contributed by atoms with Crippen molar-refractivity contribution in [2.24, 2.45) is 0 Å². The van der Waals surface area contributed by atoms with Crippen molar-refractivity contribution < 1.29 is 4.74 Å². The Bertz CT molecular complexity index is 125. The molecule has 0 atom stereocenters. The molecule has 0 spiro atoms. The summed E-state index contributed by atoms with van der Waals surface area (Å²) in [5.41, 5.74) is 1.16. The van der Waals surface area contributed by atoms with Gasteiger partial charge in [-0.3, -0.25) is 0 Å². The van der Waals surface area contributed by atoms with Crippen molar-refractivity contribution in [2.75, 3.05) is 13.2 Å². The molecule has 0 aliphatic carbocycles. The van der Waals surface area contributed by atoms with Crippen molar-refractivity contribution in [2.45, 2.75) is 40.5 Å². The van der Waals surface area contributed by atoms with Crippen LogP contribution in [-0.2, 0) is 4.74 Å². The first-order valence-corrected chi connectivity index (χ1v) is 4.76. The van der Waals surface area contributed by atoms with Crippen LogP contribution in [0.1, 0.15) is 40.5 Å². The minimum Gasteiger partial charge on any atom is -0.496 e. The zero-order chi connectivity index (χ0) is 9.40. The molecule has 0 aromatic heterocycles. The Balaban J connectivity index is 3.72. The van der Waals surface area contributed by atoms with Gasteiger partial charge in [-0.15, -0.1) is 0 Å². The molecule has 0 heterocycles. The van der Waals surface area contributed by atoms with E-state index >= 15 is 0 Å². The van der Waals surface area contributed by atoms with Gasteiger partial charge >= 0.3 is 0 Å². The molecule has 0 saturated carbocycles. The lowest BCUT2D eigenvalue weighted by atomic mass is 10.4. The Kier molecular flexibility index (Phi) is 6.63. The van der Waals surface area contributed by atoms with Crippen molar-refractivity contribution in [3.05, 3.63) is 11.5 Å². The molecule has 0 aromatic carbocycles. The zero-order valence-electron chi connectivity index (χ0n) is 8.74. The Labute approximate surface area is 76.0 Å². The minimum absolute atomic E-state index is 0.816. The lowest BCUT2D eigenvalue weighted by molar-refractivity contribution is 0.209. The van der Waals surface area contributed by atoms with Crippen molar-refractivity contribution in [3.8, 4) is 0 Å². The lowest BCUT2D eigenvalue weighted by Crippen LogP contribution is -2.14. The highest BCUT2D eigenvalue weighted by atomic mass is 16.5. The summed E-state index contributed by atoms with van der Waals surface area (Å²) in [5.74, 6) is 1.02. The Hall–Kier alpha value is -0.660. The van der Waals surface area contributed by atoms with Crippen LogP contribution in [0.5, 0.6) is 0 Å². The maximum Gasteiger partial charge on any atom is 0.111 e. The SMILES string of the molecule is CCCN/C(C)=C(\C)OCCC. The highest BCUT2D eigenvalue weighted by Gasteiger charge is 1.95. The molecule has 2 heteroatoms. The van der Waals surface area contributed by atoms with Crippen molar-refractivity contribution in [1.29, 1.82) is 0 Å². The maximum atomic E-state index is 5.47. The Morgan fingerprint density at radius 2 is 1.83 bits per heavy atom. The van der Waals surface area contributed by atoms with E-state index < -0.39 is 0 Å². The first-order chi connectivity index (χ1) is 5.72. The molecular formula is C10H21NO. The van der Waals surface area contributed by atoms with Crippen LogP contribution in [0.25, 0.3) is 0 Å². The standard InChI is InChI=1S/C10H21NO/c1-5-7-11-9(3)10(4)12-8-6-2/h11H,5-8H2,1-4H3/b10-9+. The summed E-state index contributed by atoms with van der Waals surface area (Å²) in [7, 11) is 0. The van der Waals surface area contributed by atoms with Gasteiger partial charge in [0.2, 0.25) is 0 Å². The van der Waals surface area contributed by atoms with Gasteiger partial charge in [-0.05, 0) is 26.7 Å². The molecular weight excluding hydrogens is 150 g/mol. The summed E-state index contributed by atoms with van der Waals surface area (Å²) in [6.45, 7) is 10.2. The van der Waals surface area contributed by atoms with Crippen LogP contribution in [-0.4, -0.2) is 13.2 Å². The van der Waals surface area contributed by atoms with E-state index in [0.29, 0.717) is 0 Å². The smallest absolute Gasteiger partial charge is 0.111 e. The number of ether oxygens (including phenoxy) is 1. The van der Waals surface area contributed by atoms with Gasteiger partial charge in [-0.1, -0.05) is 13.8 Å². The third-order valence-electron chi connectivity index (χ3n) is 1.69. The summed E-state index contributed by atoms with van der Waals surface area (Å²) in [5, 5.41) is 3.30. The van der Waals surface area contributed by atoms with Gasteiger partial charge in [-0.25, -0.2) is 0 Å². The molecule has 0 aliphatic rings. The molecule has 0 saturated heterocycles. The van der Waals surface area contributed by atoms with E-state index in [1.165, 1.54) is 0 Å². The van der Waals surface area contributed by atoms with Gasteiger partial charge < -0.3 is 10.1 Å². The Morgan fingerprint density at radius 3 is 2.33 bits per heavy atom. The largest absolute Gasteiger partial charge is 0.496 e. The predicted molar refractivity (Wildman–Crippen MR) is 52.9 cm³/mol. The van der Waals surface area contributed by atoms with Gasteiger partial charge in [0.25, 0.3) is 0 Å². The highest BCUT2D eigenvalue weighted by molar-refractivity contribution is 5.00. The minimum atomic E-state index is 0.816. The van der Waals surface area contributed by atoms with Crippen molar-refractivity contribution in [1.82, 2.24) is 5.32 Å². The second kappa shape index (κ2) is 7.01. The van der Waals surface area contributed by atoms with Crippen LogP contribution in [0.3, 0.4) is 0 Å².